The van der Waals surface area contributed by atoms with Crippen molar-refractivity contribution in [3.8, 4) is 5.69 Å². The van der Waals surface area contributed by atoms with Crippen molar-refractivity contribution in [2.45, 2.75) is 39.2 Å². The Morgan fingerprint density at radius 2 is 1.93 bits per heavy atom. The molecule has 1 saturated carbocycles. The Morgan fingerprint density at radius 1 is 1.13 bits per heavy atom. The van der Waals surface area contributed by atoms with Crippen molar-refractivity contribution in [1.82, 2.24) is 25.1 Å². The first kappa shape index (κ1) is 18.5. The second-order valence-corrected chi connectivity index (χ2v) is 7.90. The van der Waals surface area contributed by atoms with Gasteiger partial charge in [0.1, 0.15) is 0 Å². The zero-order valence-corrected chi connectivity index (χ0v) is 17.1. The van der Waals surface area contributed by atoms with E-state index in [1.165, 1.54) is 5.56 Å². The summed E-state index contributed by atoms with van der Waals surface area (Å²) in [5, 5.41) is 8.55. The predicted octanol–water partition coefficient (Wildman–Crippen LogP) is 4.24. The van der Waals surface area contributed by atoms with Gasteiger partial charge in [0.25, 0.3) is 5.91 Å². The molecule has 0 aliphatic heterocycles. The number of carbonyl (C=O) groups excluding carboxylic acids is 1. The molecule has 3 aromatic heterocycles. The van der Waals surface area contributed by atoms with E-state index in [2.05, 4.69) is 29.4 Å². The minimum atomic E-state index is -0.124. The van der Waals surface area contributed by atoms with Crippen LogP contribution in [0.5, 0.6) is 0 Å². The maximum absolute atomic E-state index is 13.2. The van der Waals surface area contributed by atoms with Crippen LogP contribution in [0.4, 0.5) is 0 Å². The fourth-order valence-corrected chi connectivity index (χ4v) is 3.71. The van der Waals surface area contributed by atoms with Gasteiger partial charge in [-0.1, -0.05) is 23.8 Å². The summed E-state index contributed by atoms with van der Waals surface area (Å²) >= 11 is 0. The molecule has 3 heterocycles. The van der Waals surface area contributed by atoms with E-state index in [0.717, 1.165) is 46.6 Å². The van der Waals surface area contributed by atoms with Crippen molar-refractivity contribution in [3.05, 3.63) is 82.9 Å². The second kappa shape index (κ2) is 7.37. The number of benzene rings is 1. The molecule has 5 rings (SSSR count). The van der Waals surface area contributed by atoms with Crippen LogP contribution in [-0.4, -0.2) is 25.7 Å². The van der Waals surface area contributed by atoms with E-state index in [4.69, 9.17) is 10.1 Å². The van der Waals surface area contributed by atoms with Gasteiger partial charge >= 0.3 is 0 Å². The molecule has 6 heteroatoms. The third-order valence-electron chi connectivity index (χ3n) is 5.51. The zero-order valence-electron chi connectivity index (χ0n) is 17.1. The lowest BCUT2D eigenvalue weighted by molar-refractivity contribution is 0.0952. The van der Waals surface area contributed by atoms with Crippen molar-refractivity contribution in [3.63, 3.8) is 0 Å². The van der Waals surface area contributed by atoms with Gasteiger partial charge in [-0.25, -0.2) is 9.67 Å². The van der Waals surface area contributed by atoms with Gasteiger partial charge in [-0.2, -0.15) is 5.10 Å². The summed E-state index contributed by atoms with van der Waals surface area (Å²) < 4.78 is 1.85. The van der Waals surface area contributed by atoms with Crippen LogP contribution in [0.2, 0.25) is 0 Å². The van der Waals surface area contributed by atoms with Crippen molar-refractivity contribution in [2.75, 3.05) is 0 Å². The Labute approximate surface area is 175 Å². The van der Waals surface area contributed by atoms with E-state index >= 15 is 0 Å². The first-order valence-electron chi connectivity index (χ1n) is 10.3. The first-order valence-corrected chi connectivity index (χ1v) is 10.3. The van der Waals surface area contributed by atoms with Crippen molar-refractivity contribution < 1.29 is 4.79 Å². The van der Waals surface area contributed by atoms with Crippen molar-refractivity contribution >= 4 is 16.9 Å². The minimum absolute atomic E-state index is 0.124. The standard InChI is InChI=1S/C24H23N5O/c1-15-6-10-19(11-7-15)29-23-22(16(2)28-29)20(13-21(27-23)17-8-9-17)24(30)26-14-18-5-3-4-12-25-18/h3-7,10-13,17H,8-9,14H2,1-2H3,(H,26,30). The van der Waals surface area contributed by atoms with Gasteiger partial charge in [-0.3, -0.25) is 9.78 Å². The fourth-order valence-electron chi connectivity index (χ4n) is 3.71. The number of aryl methyl sites for hydroxylation is 2. The molecule has 0 saturated heterocycles. The molecule has 1 aliphatic carbocycles. The molecule has 4 aromatic rings. The lowest BCUT2D eigenvalue weighted by Gasteiger charge is -2.10. The lowest BCUT2D eigenvalue weighted by Crippen LogP contribution is -2.24. The van der Waals surface area contributed by atoms with E-state index in [9.17, 15) is 4.79 Å². The molecule has 0 unspecified atom stereocenters. The lowest BCUT2D eigenvalue weighted by atomic mass is 10.1. The van der Waals surface area contributed by atoms with Gasteiger partial charge in [0.05, 0.1) is 34.6 Å². The molecule has 0 bridgehead atoms. The number of nitrogens with zero attached hydrogens (tertiary/aromatic N) is 4. The number of hydrogen-bond acceptors (Lipinski definition) is 4. The van der Waals surface area contributed by atoms with E-state index < -0.39 is 0 Å². The molecule has 1 aliphatic rings. The zero-order chi connectivity index (χ0) is 20.7. The van der Waals surface area contributed by atoms with Crippen LogP contribution in [0.3, 0.4) is 0 Å². The maximum atomic E-state index is 13.2. The van der Waals surface area contributed by atoms with E-state index in [-0.39, 0.29) is 5.91 Å². The van der Waals surface area contributed by atoms with Crippen LogP contribution in [-0.2, 0) is 6.54 Å². The highest BCUT2D eigenvalue weighted by molar-refractivity contribution is 6.06. The van der Waals surface area contributed by atoms with Crippen LogP contribution in [0.25, 0.3) is 16.7 Å². The normalized spacial score (nSPS) is 13.5. The first-order chi connectivity index (χ1) is 14.6. The van der Waals surface area contributed by atoms with Crippen LogP contribution >= 0.6 is 0 Å². The third kappa shape index (κ3) is 3.45. The molecular formula is C24H23N5O. The molecule has 30 heavy (non-hydrogen) atoms. The summed E-state index contributed by atoms with van der Waals surface area (Å²) in [7, 11) is 0. The van der Waals surface area contributed by atoms with Crippen LogP contribution in [0.15, 0.2) is 54.7 Å². The average Bonchev–Trinajstić information content (AvgIpc) is 3.57. The Hall–Kier alpha value is -3.54. The number of carbonyl (C=O) groups is 1. The van der Waals surface area contributed by atoms with Crippen molar-refractivity contribution in [1.29, 1.82) is 0 Å². The third-order valence-corrected chi connectivity index (χ3v) is 5.51. The van der Waals surface area contributed by atoms with Crippen LogP contribution in [0.1, 0.15) is 51.8 Å². The molecule has 1 fully saturated rings. The van der Waals surface area contributed by atoms with Gasteiger partial charge in [0, 0.05) is 17.8 Å². The Morgan fingerprint density at radius 3 is 2.63 bits per heavy atom. The van der Waals surface area contributed by atoms with Gasteiger partial charge < -0.3 is 5.32 Å². The van der Waals surface area contributed by atoms with Crippen molar-refractivity contribution in [2.24, 2.45) is 0 Å². The number of aromatic nitrogens is 4. The Balaban J connectivity index is 1.58. The van der Waals surface area contributed by atoms with Crippen LogP contribution in [0, 0.1) is 13.8 Å². The van der Waals surface area contributed by atoms with Gasteiger partial charge in [0.15, 0.2) is 5.65 Å². The molecule has 6 nitrogen and oxygen atoms in total. The Bertz CT molecular complexity index is 1220. The number of fused-ring (bicyclic) bond motifs is 1. The highest BCUT2D eigenvalue weighted by Crippen LogP contribution is 2.40. The number of nitrogens with one attached hydrogen (secondary N) is 1. The topological polar surface area (TPSA) is 72.7 Å². The quantitative estimate of drug-likeness (QED) is 0.547. The van der Waals surface area contributed by atoms with Gasteiger partial charge in [0.2, 0.25) is 0 Å². The molecule has 1 N–H and O–H groups in total. The Kier molecular flexibility index (Phi) is 4.54. The molecular weight excluding hydrogens is 374 g/mol. The fraction of sp³-hybridized carbons (Fsp3) is 0.250. The smallest absolute Gasteiger partial charge is 0.252 e. The summed E-state index contributed by atoms with van der Waals surface area (Å²) in [6.07, 6.45) is 3.96. The van der Waals surface area contributed by atoms with E-state index in [1.54, 1.807) is 6.20 Å². The minimum Gasteiger partial charge on any atom is -0.346 e. The molecule has 150 valence electrons. The number of amides is 1. The molecule has 0 atom stereocenters. The monoisotopic (exact) mass is 397 g/mol. The largest absolute Gasteiger partial charge is 0.346 e. The molecule has 1 amide bonds. The molecule has 1 aromatic carbocycles. The van der Waals surface area contributed by atoms with E-state index in [0.29, 0.717) is 18.0 Å². The summed E-state index contributed by atoms with van der Waals surface area (Å²) in [5.74, 6) is 0.305. The SMILES string of the molecule is Cc1ccc(-n2nc(C)c3c(C(=O)NCc4ccccn4)cc(C4CC4)nc32)cc1. The highest BCUT2D eigenvalue weighted by Gasteiger charge is 2.29. The van der Waals surface area contributed by atoms with Gasteiger partial charge in [-0.15, -0.1) is 0 Å². The highest BCUT2D eigenvalue weighted by atomic mass is 16.1. The number of pyridine rings is 2. The van der Waals surface area contributed by atoms with Gasteiger partial charge in [-0.05, 0) is 57.0 Å². The summed E-state index contributed by atoms with van der Waals surface area (Å²) in [6.45, 7) is 4.37. The molecule has 0 radical (unpaired) electrons. The number of rotatable bonds is 5. The summed E-state index contributed by atoms with van der Waals surface area (Å²) in [4.78, 5) is 22.4. The molecule has 0 spiro atoms. The summed E-state index contributed by atoms with van der Waals surface area (Å²) in [6, 6.07) is 15.8. The summed E-state index contributed by atoms with van der Waals surface area (Å²) in [5.41, 5.74) is 6.09. The average molecular weight is 397 g/mol. The van der Waals surface area contributed by atoms with E-state index in [1.807, 2.05) is 48.0 Å². The predicted molar refractivity (Wildman–Crippen MR) is 116 cm³/mol. The maximum Gasteiger partial charge on any atom is 0.252 e. The van der Waals surface area contributed by atoms with Crippen LogP contribution < -0.4 is 5.32 Å². The second-order valence-electron chi connectivity index (χ2n) is 7.90. The number of hydrogen-bond donors (Lipinski definition) is 1.